The molecule has 0 bridgehead atoms. The highest BCUT2D eigenvalue weighted by molar-refractivity contribution is 5.82. The average molecular weight is 288 g/mol. The molecule has 21 heavy (non-hydrogen) atoms. The van der Waals surface area contributed by atoms with Gasteiger partial charge in [-0.25, -0.2) is 8.78 Å². The summed E-state index contributed by atoms with van der Waals surface area (Å²) in [7, 11) is 1.50. The van der Waals surface area contributed by atoms with E-state index in [9.17, 15) is 13.6 Å². The first-order chi connectivity index (χ1) is 10.1. The van der Waals surface area contributed by atoms with E-state index in [0.717, 1.165) is 18.2 Å². The van der Waals surface area contributed by atoms with Gasteiger partial charge in [-0.3, -0.25) is 4.79 Å². The molecule has 0 saturated heterocycles. The minimum absolute atomic E-state index is 0.103. The average Bonchev–Trinajstić information content (AvgIpc) is 2.46. The Morgan fingerprint density at radius 1 is 1.05 bits per heavy atom. The lowest BCUT2D eigenvalue weighted by molar-refractivity contribution is 0.414. The topological polar surface area (TPSA) is 39.4 Å². The van der Waals surface area contributed by atoms with Crippen molar-refractivity contribution < 1.29 is 17.9 Å². The molecule has 0 fully saturated rings. The van der Waals surface area contributed by atoms with Crippen molar-refractivity contribution in [3.63, 3.8) is 0 Å². The molecule has 0 spiro atoms. The fourth-order valence-electron chi connectivity index (χ4n) is 2.14. The lowest BCUT2D eigenvalue weighted by Crippen LogP contribution is -2.05. The molecule has 0 amide bonds. The number of hydrogen-bond acceptors (Lipinski definition) is 3. The molecule has 3 rings (SSSR count). The Bertz CT molecular complexity index is 864. The van der Waals surface area contributed by atoms with Crippen LogP contribution in [0, 0.1) is 11.6 Å². The van der Waals surface area contributed by atoms with Gasteiger partial charge in [-0.15, -0.1) is 0 Å². The quantitative estimate of drug-likeness (QED) is 0.721. The fourth-order valence-corrected chi connectivity index (χ4v) is 2.14. The van der Waals surface area contributed by atoms with Crippen molar-refractivity contribution in [2.24, 2.45) is 0 Å². The summed E-state index contributed by atoms with van der Waals surface area (Å²) in [6.07, 6.45) is 1.19. The van der Waals surface area contributed by atoms with Crippen LogP contribution in [-0.2, 0) is 0 Å². The summed E-state index contributed by atoms with van der Waals surface area (Å²) in [5.74, 6) is -0.950. The van der Waals surface area contributed by atoms with Crippen LogP contribution in [0.4, 0.5) is 8.78 Å². The largest absolute Gasteiger partial charge is 0.497 e. The molecule has 0 saturated carbocycles. The van der Waals surface area contributed by atoms with E-state index in [1.165, 1.54) is 13.4 Å². The van der Waals surface area contributed by atoms with E-state index < -0.39 is 11.6 Å². The maximum absolute atomic E-state index is 13.3. The fraction of sp³-hybridized carbons (Fsp3) is 0.0625. The van der Waals surface area contributed by atoms with E-state index >= 15 is 0 Å². The number of hydrogen-bond donors (Lipinski definition) is 0. The van der Waals surface area contributed by atoms with Gasteiger partial charge in [0, 0.05) is 12.1 Å². The molecule has 5 heteroatoms. The van der Waals surface area contributed by atoms with E-state index in [1.54, 1.807) is 18.2 Å². The molecule has 3 aromatic rings. The van der Waals surface area contributed by atoms with Crippen LogP contribution in [0.15, 0.2) is 51.9 Å². The second-order valence-electron chi connectivity index (χ2n) is 4.50. The first-order valence-corrected chi connectivity index (χ1v) is 6.14. The first-order valence-electron chi connectivity index (χ1n) is 6.14. The smallest absolute Gasteiger partial charge is 0.200 e. The zero-order valence-corrected chi connectivity index (χ0v) is 11.0. The van der Waals surface area contributed by atoms with Crippen molar-refractivity contribution in [2.45, 2.75) is 0 Å². The molecule has 0 aliphatic carbocycles. The Morgan fingerprint density at radius 2 is 1.76 bits per heavy atom. The van der Waals surface area contributed by atoms with Crippen LogP contribution < -0.4 is 10.2 Å². The van der Waals surface area contributed by atoms with Crippen molar-refractivity contribution in [3.8, 4) is 16.9 Å². The normalized spacial score (nSPS) is 10.8. The number of fused-ring (bicyclic) bond motifs is 1. The molecule has 1 aromatic heterocycles. The van der Waals surface area contributed by atoms with Crippen molar-refractivity contribution in [3.05, 3.63) is 64.5 Å². The third kappa shape index (κ3) is 2.38. The number of benzene rings is 2. The third-order valence-corrected chi connectivity index (χ3v) is 3.16. The van der Waals surface area contributed by atoms with Gasteiger partial charge in [-0.2, -0.15) is 0 Å². The minimum atomic E-state index is -0.751. The Morgan fingerprint density at radius 3 is 2.43 bits per heavy atom. The second-order valence-corrected chi connectivity index (χ2v) is 4.50. The minimum Gasteiger partial charge on any atom is -0.497 e. The van der Waals surface area contributed by atoms with E-state index in [-0.39, 0.29) is 16.6 Å². The van der Waals surface area contributed by atoms with Gasteiger partial charge in [-0.05, 0) is 29.8 Å². The molecule has 3 nitrogen and oxygen atoms in total. The van der Waals surface area contributed by atoms with Gasteiger partial charge in [0.1, 0.15) is 29.2 Å². The third-order valence-electron chi connectivity index (χ3n) is 3.16. The van der Waals surface area contributed by atoms with Gasteiger partial charge in [0.15, 0.2) is 5.43 Å². The maximum Gasteiger partial charge on any atom is 0.200 e. The van der Waals surface area contributed by atoms with E-state index in [1.807, 2.05) is 0 Å². The van der Waals surface area contributed by atoms with Crippen LogP contribution in [0.3, 0.4) is 0 Å². The first kappa shape index (κ1) is 13.3. The van der Waals surface area contributed by atoms with Crippen molar-refractivity contribution in [2.75, 3.05) is 7.11 Å². The number of methoxy groups -OCH3 is 1. The lowest BCUT2D eigenvalue weighted by Gasteiger charge is -2.05. The number of halogens is 2. The summed E-state index contributed by atoms with van der Waals surface area (Å²) in [5.41, 5.74) is 0.230. The Labute approximate surface area is 118 Å². The highest BCUT2D eigenvalue weighted by Crippen LogP contribution is 2.24. The van der Waals surface area contributed by atoms with Crippen LogP contribution in [-0.4, -0.2) is 7.11 Å². The SMILES string of the molecule is COc1ccc2c(=O)c(-c3cc(F)cc(F)c3)coc2c1. The van der Waals surface area contributed by atoms with Crippen molar-refractivity contribution >= 4 is 11.0 Å². The van der Waals surface area contributed by atoms with Gasteiger partial charge in [-0.1, -0.05) is 0 Å². The summed E-state index contributed by atoms with van der Waals surface area (Å²) in [4.78, 5) is 12.4. The predicted molar refractivity (Wildman–Crippen MR) is 74.4 cm³/mol. The molecule has 0 aliphatic heterocycles. The highest BCUT2D eigenvalue weighted by atomic mass is 19.1. The molecule has 0 atom stereocenters. The van der Waals surface area contributed by atoms with Crippen molar-refractivity contribution in [1.82, 2.24) is 0 Å². The molecule has 2 aromatic carbocycles. The Balaban J connectivity index is 2.25. The van der Waals surface area contributed by atoms with E-state index in [0.29, 0.717) is 16.7 Å². The van der Waals surface area contributed by atoms with E-state index in [4.69, 9.17) is 9.15 Å². The van der Waals surface area contributed by atoms with Crippen LogP contribution in [0.2, 0.25) is 0 Å². The Hall–Kier alpha value is -2.69. The second kappa shape index (κ2) is 5.01. The van der Waals surface area contributed by atoms with E-state index in [2.05, 4.69) is 0 Å². The molecule has 0 aliphatic rings. The van der Waals surface area contributed by atoms with Crippen LogP contribution in [0.25, 0.3) is 22.1 Å². The molecular formula is C16H10F2O3. The lowest BCUT2D eigenvalue weighted by atomic mass is 10.1. The maximum atomic E-state index is 13.3. The standard InChI is InChI=1S/C16H10F2O3/c1-20-12-2-3-13-15(7-12)21-8-14(16(13)19)9-4-10(17)6-11(18)5-9/h2-8H,1H3. The Kier molecular flexibility index (Phi) is 3.17. The highest BCUT2D eigenvalue weighted by Gasteiger charge is 2.11. The number of ether oxygens (including phenoxy) is 1. The number of rotatable bonds is 2. The molecule has 0 radical (unpaired) electrons. The summed E-state index contributed by atoms with van der Waals surface area (Å²) in [6.45, 7) is 0. The van der Waals surface area contributed by atoms with Gasteiger partial charge >= 0.3 is 0 Å². The summed E-state index contributed by atoms with van der Waals surface area (Å²) in [6, 6.07) is 7.67. The molecule has 0 unspecified atom stereocenters. The van der Waals surface area contributed by atoms with Crippen molar-refractivity contribution in [1.29, 1.82) is 0 Å². The monoisotopic (exact) mass is 288 g/mol. The zero-order valence-electron chi connectivity index (χ0n) is 11.0. The van der Waals surface area contributed by atoms with Crippen LogP contribution in [0.5, 0.6) is 5.75 Å². The van der Waals surface area contributed by atoms with Gasteiger partial charge in [0.05, 0.1) is 18.1 Å². The molecule has 1 heterocycles. The van der Waals surface area contributed by atoms with Gasteiger partial charge in [0.2, 0.25) is 0 Å². The molecule has 0 N–H and O–H groups in total. The predicted octanol–water partition coefficient (Wildman–Crippen LogP) is 3.75. The summed E-state index contributed by atoms with van der Waals surface area (Å²) >= 11 is 0. The van der Waals surface area contributed by atoms with Gasteiger partial charge in [0.25, 0.3) is 0 Å². The molecule has 106 valence electrons. The zero-order chi connectivity index (χ0) is 15.0. The summed E-state index contributed by atoms with van der Waals surface area (Å²) < 4.78 is 37.0. The van der Waals surface area contributed by atoms with Crippen LogP contribution >= 0.6 is 0 Å². The van der Waals surface area contributed by atoms with Crippen LogP contribution in [0.1, 0.15) is 0 Å². The summed E-state index contributed by atoms with van der Waals surface area (Å²) in [5, 5.41) is 0.318. The van der Waals surface area contributed by atoms with Gasteiger partial charge < -0.3 is 9.15 Å². The molecular weight excluding hydrogens is 278 g/mol.